The van der Waals surface area contributed by atoms with Crippen LogP contribution in [0.4, 0.5) is 0 Å². The minimum Gasteiger partial charge on any atom is -0.0991 e. The van der Waals surface area contributed by atoms with E-state index in [9.17, 15) is 0 Å². The Kier molecular flexibility index (Phi) is 22.4. The molecule has 0 amide bonds. The number of rotatable bonds is 2. The fourth-order valence-corrected chi connectivity index (χ4v) is 0.869. The highest BCUT2D eigenvalue weighted by atomic mass is 13.9. The first-order valence-corrected chi connectivity index (χ1v) is 7.04. The highest BCUT2D eigenvalue weighted by molar-refractivity contribution is 5.19. The average Bonchev–Trinajstić information content (AvgIpc) is 2.45. The number of hydrogen-bond acceptors (Lipinski definition) is 0. The maximum atomic E-state index is 3.66. The van der Waals surface area contributed by atoms with Crippen LogP contribution in [-0.4, -0.2) is 0 Å². The molecule has 0 saturated heterocycles. The van der Waals surface area contributed by atoms with E-state index in [1.807, 2.05) is 46.8 Å². The van der Waals surface area contributed by atoms with Crippen LogP contribution in [0, 0.1) is 13.8 Å². The SMILES string of the molecule is C=C/C=C\C(=C)C.CC.CC.Cc1ccc(C)cc1. The molecule has 0 nitrogen and oxygen atoms in total. The molecule has 0 aliphatic heterocycles. The van der Waals surface area contributed by atoms with Crippen molar-refractivity contribution in [2.24, 2.45) is 0 Å². The molecule has 0 heterocycles. The molecular weight excluding hydrogens is 228 g/mol. The fraction of sp³-hybridized carbons (Fsp3) is 0.368. The Morgan fingerprint density at radius 1 is 0.895 bits per heavy atom. The normalized spacial score (nSPS) is 7.95. The van der Waals surface area contributed by atoms with E-state index < -0.39 is 0 Å². The molecule has 0 radical (unpaired) electrons. The molecule has 0 bridgehead atoms. The maximum Gasteiger partial charge on any atom is -0.0398 e. The monoisotopic (exact) mass is 260 g/mol. The summed E-state index contributed by atoms with van der Waals surface area (Å²) in [6.45, 7) is 21.3. The van der Waals surface area contributed by atoms with Crippen LogP contribution in [0.5, 0.6) is 0 Å². The van der Waals surface area contributed by atoms with Gasteiger partial charge in [-0.2, -0.15) is 0 Å². The van der Waals surface area contributed by atoms with Crippen LogP contribution >= 0.6 is 0 Å². The van der Waals surface area contributed by atoms with Gasteiger partial charge in [0.25, 0.3) is 0 Å². The van der Waals surface area contributed by atoms with Gasteiger partial charge in [0, 0.05) is 0 Å². The van der Waals surface area contributed by atoms with E-state index in [0.29, 0.717) is 0 Å². The molecule has 19 heavy (non-hydrogen) atoms. The molecule has 0 saturated carbocycles. The van der Waals surface area contributed by atoms with E-state index >= 15 is 0 Å². The van der Waals surface area contributed by atoms with Gasteiger partial charge < -0.3 is 0 Å². The first kappa shape index (κ1) is 22.6. The Hall–Kier alpha value is -1.56. The van der Waals surface area contributed by atoms with Gasteiger partial charge in [-0.25, -0.2) is 0 Å². The molecule has 0 unspecified atom stereocenters. The van der Waals surface area contributed by atoms with Gasteiger partial charge in [-0.05, 0) is 20.8 Å². The lowest BCUT2D eigenvalue weighted by Gasteiger charge is -1.90. The summed E-state index contributed by atoms with van der Waals surface area (Å²) in [4.78, 5) is 0. The quantitative estimate of drug-likeness (QED) is 0.521. The minimum atomic E-state index is 1.06. The third-order valence-corrected chi connectivity index (χ3v) is 1.74. The van der Waals surface area contributed by atoms with Crippen molar-refractivity contribution in [3.05, 3.63) is 72.4 Å². The summed E-state index contributed by atoms with van der Waals surface area (Å²) in [5.41, 5.74) is 3.71. The van der Waals surface area contributed by atoms with Crippen LogP contribution < -0.4 is 0 Å². The lowest BCUT2D eigenvalue weighted by Crippen LogP contribution is -1.70. The van der Waals surface area contributed by atoms with Crippen molar-refractivity contribution in [1.82, 2.24) is 0 Å². The second-order valence-corrected chi connectivity index (χ2v) is 3.60. The molecule has 108 valence electrons. The second kappa shape index (κ2) is 18.8. The van der Waals surface area contributed by atoms with Crippen LogP contribution in [0.3, 0.4) is 0 Å². The van der Waals surface area contributed by atoms with Gasteiger partial charge in [-0.15, -0.1) is 0 Å². The van der Waals surface area contributed by atoms with Gasteiger partial charge in [0.15, 0.2) is 0 Å². The van der Waals surface area contributed by atoms with Gasteiger partial charge in [0.1, 0.15) is 0 Å². The van der Waals surface area contributed by atoms with Crippen molar-refractivity contribution < 1.29 is 0 Å². The summed E-state index contributed by atoms with van der Waals surface area (Å²) in [6, 6.07) is 8.48. The summed E-state index contributed by atoms with van der Waals surface area (Å²) in [6.07, 6.45) is 5.50. The molecule has 0 aliphatic carbocycles. The highest BCUT2D eigenvalue weighted by Crippen LogP contribution is 1.99. The summed E-state index contributed by atoms with van der Waals surface area (Å²) in [7, 11) is 0. The van der Waals surface area contributed by atoms with Gasteiger partial charge in [0.2, 0.25) is 0 Å². The third kappa shape index (κ3) is 22.2. The van der Waals surface area contributed by atoms with Crippen LogP contribution in [0.25, 0.3) is 0 Å². The highest BCUT2D eigenvalue weighted by Gasteiger charge is 1.79. The predicted octanol–water partition coefficient (Wildman–Crippen LogP) is 6.66. The molecule has 0 N–H and O–H groups in total. The van der Waals surface area contributed by atoms with Crippen molar-refractivity contribution in [1.29, 1.82) is 0 Å². The Bertz CT molecular complexity index is 305. The van der Waals surface area contributed by atoms with Gasteiger partial charge in [-0.1, -0.05) is 100 Å². The third-order valence-electron chi connectivity index (χ3n) is 1.74. The summed E-state index contributed by atoms with van der Waals surface area (Å²) < 4.78 is 0. The predicted molar refractivity (Wildman–Crippen MR) is 92.8 cm³/mol. The molecular formula is C19H32. The van der Waals surface area contributed by atoms with E-state index in [1.54, 1.807) is 6.08 Å². The Balaban J connectivity index is -0.000000215. The smallest absolute Gasteiger partial charge is 0.0398 e. The average molecular weight is 260 g/mol. The Labute approximate surface area is 121 Å². The standard InChI is InChI=1S/C8H10.C7H10.2C2H6/c1-7-3-5-8(2)6-4-7;1-4-5-6-7(2)3;2*1-2/h3-6H,1-2H3;4-6H,1-2H2,3H3;2*1-2H3/b;6-5-;;. The Morgan fingerprint density at radius 2 is 1.21 bits per heavy atom. The van der Waals surface area contributed by atoms with Crippen molar-refractivity contribution in [2.45, 2.75) is 48.5 Å². The summed E-state index contributed by atoms with van der Waals surface area (Å²) >= 11 is 0. The number of hydrogen-bond donors (Lipinski definition) is 0. The fourth-order valence-electron chi connectivity index (χ4n) is 0.869. The van der Waals surface area contributed by atoms with E-state index in [-0.39, 0.29) is 0 Å². The van der Waals surface area contributed by atoms with Crippen LogP contribution in [0.1, 0.15) is 45.7 Å². The number of benzene rings is 1. The molecule has 1 rings (SSSR count). The molecule has 0 aliphatic rings. The minimum absolute atomic E-state index is 1.06. The van der Waals surface area contributed by atoms with E-state index in [4.69, 9.17) is 0 Å². The molecule has 0 atom stereocenters. The number of aryl methyl sites for hydroxylation is 2. The largest absolute Gasteiger partial charge is 0.0991 e. The molecule has 1 aromatic rings. The maximum absolute atomic E-state index is 3.66. The molecule has 0 spiro atoms. The van der Waals surface area contributed by atoms with Crippen molar-refractivity contribution in [3.8, 4) is 0 Å². The van der Waals surface area contributed by atoms with Crippen LogP contribution in [0.15, 0.2) is 61.2 Å². The zero-order chi connectivity index (χ0) is 15.7. The first-order chi connectivity index (χ1) is 9.06. The van der Waals surface area contributed by atoms with Crippen molar-refractivity contribution in [3.63, 3.8) is 0 Å². The second-order valence-electron chi connectivity index (χ2n) is 3.60. The van der Waals surface area contributed by atoms with Gasteiger partial charge in [-0.3, -0.25) is 0 Å². The van der Waals surface area contributed by atoms with E-state index in [0.717, 1.165) is 5.57 Å². The van der Waals surface area contributed by atoms with E-state index in [2.05, 4.69) is 51.3 Å². The van der Waals surface area contributed by atoms with E-state index in [1.165, 1.54) is 11.1 Å². The summed E-state index contributed by atoms with van der Waals surface area (Å²) in [5, 5.41) is 0. The molecule has 0 heteroatoms. The zero-order valence-electron chi connectivity index (χ0n) is 14.0. The lowest BCUT2D eigenvalue weighted by molar-refractivity contribution is 1.40. The van der Waals surface area contributed by atoms with Gasteiger partial charge >= 0.3 is 0 Å². The first-order valence-electron chi connectivity index (χ1n) is 7.04. The molecule has 1 aromatic carbocycles. The zero-order valence-corrected chi connectivity index (χ0v) is 14.0. The summed E-state index contributed by atoms with van der Waals surface area (Å²) in [5.74, 6) is 0. The lowest BCUT2D eigenvalue weighted by atomic mass is 10.2. The number of allylic oxidation sites excluding steroid dienone is 4. The van der Waals surface area contributed by atoms with Crippen LogP contribution in [-0.2, 0) is 0 Å². The van der Waals surface area contributed by atoms with Gasteiger partial charge in [0.05, 0.1) is 0 Å². The van der Waals surface area contributed by atoms with Crippen molar-refractivity contribution >= 4 is 0 Å². The van der Waals surface area contributed by atoms with Crippen LogP contribution in [0.2, 0.25) is 0 Å². The topological polar surface area (TPSA) is 0 Å². The van der Waals surface area contributed by atoms with Crippen molar-refractivity contribution in [2.75, 3.05) is 0 Å². The molecule has 0 fully saturated rings. The molecule has 0 aromatic heterocycles. The Morgan fingerprint density at radius 3 is 1.37 bits per heavy atom.